The Morgan fingerprint density at radius 1 is 1.07 bits per heavy atom. The quantitative estimate of drug-likeness (QED) is 0.646. The molecule has 5 rings (SSSR count). The van der Waals surface area contributed by atoms with Crippen LogP contribution in [0.4, 0.5) is 0 Å². The third-order valence-electron chi connectivity index (χ3n) is 7.23. The standard InChI is InChI=1S/C23H36N4S/c1-17(2)18-8-10-21(11-9-18)28-27-16-22(19-6-7-19)24-23(27)26-14-12-25(13-15-26)20-4-3-5-20/h8-10,17,19-22H,3-7,11-16H2,1-2H3. The van der Waals surface area contributed by atoms with Gasteiger partial charge in [0, 0.05) is 37.5 Å². The van der Waals surface area contributed by atoms with Gasteiger partial charge in [-0.3, -0.25) is 9.21 Å². The average Bonchev–Trinajstić information content (AvgIpc) is 3.43. The van der Waals surface area contributed by atoms with Crippen molar-refractivity contribution in [2.24, 2.45) is 16.8 Å². The highest BCUT2D eigenvalue weighted by atomic mass is 32.2. The SMILES string of the molecule is CC(C)C1=CCC(SN2CC(C3CC3)N=C2N2CCN(C3CCC3)CC2)C=C1. The smallest absolute Gasteiger partial charge is 0.207 e. The molecule has 1 saturated heterocycles. The van der Waals surface area contributed by atoms with Crippen molar-refractivity contribution in [3.63, 3.8) is 0 Å². The summed E-state index contributed by atoms with van der Waals surface area (Å²) in [5.74, 6) is 2.78. The summed E-state index contributed by atoms with van der Waals surface area (Å²) in [7, 11) is 0. The fourth-order valence-corrected chi connectivity index (χ4v) is 6.05. The lowest BCUT2D eigenvalue weighted by molar-refractivity contribution is 0.0835. The van der Waals surface area contributed by atoms with Crippen LogP contribution in [0.15, 0.2) is 28.8 Å². The molecule has 4 nitrogen and oxygen atoms in total. The van der Waals surface area contributed by atoms with E-state index in [2.05, 4.69) is 46.2 Å². The maximum atomic E-state index is 5.26. The van der Waals surface area contributed by atoms with Crippen molar-refractivity contribution in [2.45, 2.75) is 69.7 Å². The van der Waals surface area contributed by atoms with E-state index in [0.717, 1.165) is 38.0 Å². The average molecular weight is 401 g/mol. The second-order valence-electron chi connectivity index (χ2n) is 9.60. The molecule has 0 amide bonds. The summed E-state index contributed by atoms with van der Waals surface area (Å²) < 4.78 is 2.56. The Hall–Kier alpha value is -0.940. The lowest BCUT2D eigenvalue weighted by Crippen LogP contribution is -2.55. The number of nitrogens with zero attached hydrogens (tertiary/aromatic N) is 4. The van der Waals surface area contributed by atoms with Crippen molar-refractivity contribution < 1.29 is 0 Å². The normalized spacial score (nSPS) is 32.0. The lowest BCUT2D eigenvalue weighted by Gasteiger charge is -2.44. The van der Waals surface area contributed by atoms with E-state index in [4.69, 9.17) is 4.99 Å². The van der Waals surface area contributed by atoms with Crippen LogP contribution in [0.3, 0.4) is 0 Å². The van der Waals surface area contributed by atoms with Crippen LogP contribution in [-0.4, -0.2) is 70.1 Å². The number of rotatable bonds is 5. The van der Waals surface area contributed by atoms with Crippen LogP contribution in [0, 0.1) is 11.8 Å². The fourth-order valence-electron chi connectivity index (χ4n) is 4.90. The summed E-state index contributed by atoms with van der Waals surface area (Å²) in [6, 6.07) is 1.42. The molecule has 2 aliphatic heterocycles. The number of allylic oxidation sites excluding steroid dienone is 3. The number of hydrogen-bond acceptors (Lipinski definition) is 5. The van der Waals surface area contributed by atoms with Crippen molar-refractivity contribution in [2.75, 3.05) is 32.7 Å². The van der Waals surface area contributed by atoms with Gasteiger partial charge in [0.25, 0.3) is 0 Å². The first-order chi connectivity index (χ1) is 13.7. The summed E-state index contributed by atoms with van der Waals surface area (Å²) in [5, 5.41) is 0.557. The monoisotopic (exact) mass is 400 g/mol. The first kappa shape index (κ1) is 19.0. The summed E-state index contributed by atoms with van der Waals surface area (Å²) in [5.41, 5.74) is 1.50. The first-order valence-electron chi connectivity index (χ1n) is 11.6. The lowest BCUT2D eigenvalue weighted by atomic mass is 9.91. The topological polar surface area (TPSA) is 22.1 Å². The van der Waals surface area contributed by atoms with E-state index in [1.165, 1.54) is 56.7 Å². The van der Waals surface area contributed by atoms with E-state index in [9.17, 15) is 0 Å². The van der Waals surface area contributed by atoms with E-state index in [0.29, 0.717) is 17.2 Å². The van der Waals surface area contributed by atoms with Gasteiger partial charge in [0.1, 0.15) is 0 Å². The van der Waals surface area contributed by atoms with E-state index >= 15 is 0 Å². The zero-order valence-electron chi connectivity index (χ0n) is 17.6. The molecule has 0 N–H and O–H groups in total. The van der Waals surface area contributed by atoms with Crippen LogP contribution in [0.1, 0.15) is 52.4 Å². The van der Waals surface area contributed by atoms with Gasteiger partial charge in [0.2, 0.25) is 5.96 Å². The van der Waals surface area contributed by atoms with E-state index in [1.54, 1.807) is 0 Å². The van der Waals surface area contributed by atoms with Crippen LogP contribution in [-0.2, 0) is 0 Å². The number of guanidine groups is 1. The van der Waals surface area contributed by atoms with Gasteiger partial charge in [-0.2, -0.15) is 0 Å². The van der Waals surface area contributed by atoms with E-state index in [1.807, 2.05) is 11.9 Å². The Morgan fingerprint density at radius 2 is 1.86 bits per heavy atom. The van der Waals surface area contributed by atoms with Crippen molar-refractivity contribution >= 4 is 17.9 Å². The van der Waals surface area contributed by atoms with E-state index < -0.39 is 0 Å². The molecule has 0 bridgehead atoms. The van der Waals surface area contributed by atoms with Crippen LogP contribution in [0.5, 0.6) is 0 Å². The van der Waals surface area contributed by atoms with Crippen molar-refractivity contribution in [1.29, 1.82) is 0 Å². The van der Waals surface area contributed by atoms with Gasteiger partial charge >= 0.3 is 0 Å². The largest absolute Gasteiger partial charge is 0.340 e. The molecule has 0 aromatic heterocycles. The van der Waals surface area contributed by atoms with Gasteiger partial charge < -0.3 is 4.90 Å². The highest BCUT2D eigenvalue weighted by Gasteiger charge is 2.40. The zero-order chi connectivity index (χ0) is 19.1. The maximum absolute atomic E-state index is 5.26. The maximum Gasteiger partial charge on any atom is 0.207 e. The Morgan fingerprint density at radius 3 is 2.43 bits per heavy atom. The van der Waals surface area contributed by atoms with Crippen LogP contribution < -0.4 is 0 Å². The molecule has 2 unspecified atom stereocenters. The molecule has 154 valence electrons. The summed E-state index contributed by atoms with van der Waals surface area (Å²) in [4.78, 5) is 10.6. The number of piperazine rings is 1. The van der Waals surface area contributed by atoms with Crippen LogP contribution in [0.2, 0.25) is 0 Å². The van der Waals surface area contributed by atoms with Gasteiger partial charge in [-0.1, -0.05) is 38.5 Å². The second kappa shape index (κ2) is 8.06. The predicted molar refractivity (Wildman–Crippen MR) is 119 cm³/mol. The van der Waals surface area contributed by atoms with E-state index in [-0.39, 0.29) is 0 Å². The molecule has 5 aliphatic rings. The predicted octanol–water partition coefficient (Wildman–Crippen LogP) is 4.17. The highest BCUT2D eigenvalue weighted by Crippen LogP contribution is 2.40. The Labute approximate surface area is 175 Å². The van der Waals surface area contributed by atoms with Gasteiger partial charge in [-0.25, -0.2) is 4.99 Å². The number of aliphatic imine (C=N–C) groups is 1. The molecule has 2 atom stereocenters. The third-order valence-corrected chi connectivity index (χ3v) is 8.42. The van der Waals surface area contributed by atoms with Crippen LogP contribution in [0.25, 0.3) is 0 Å². The summed E-state index contributed by atoms with van der Waals surface area (Å²) in [6.07, 6.45) is 15.4. The molecule has 3 fully saturated rings. The number of hydrogen-bond donors (Lipinski definition) is 0. The summed E-state index contributed by atoms with van der Waals surface area (Å²) >= 11 is 2.03. The minimum absolute atomic E-state index is 0.543. The molecule has 2 heterocycles. The molecule has 0 aromatic carbocycles. The molecule has 0 aromatic rings. The van der Waals surface area contributed by atoms with Gasteiger partial charge in [0.15, 0.2) is 0 Å². The molecule has 3 aliphatic carbocycles. The van der Waals surface area contributed by atoms with Crippen molar-refractivity contribution in [1.82, 2.24) is 14.1 Å². The van der Waals surface area contributed by atoms with Gasteiger partial charge in [0.05, 0.1) is 12.6 Å². The molecule has 2 saturated carbocycles. The zero-order valence-corrected chi connectivity index (χ0v) is 18.4. The van der Waals surface area contributed by atoms with Gasteiger partial charge in [-0.15, -0.1) is 0 Å². The fraction of sp³-hybridized carbons (Fsp3) is 0.783. The minimum atomic E-state index is 0.543. The second-order valence-corrected chi connectivity index (χ2v) is 10.9. The molecular formula is C23H36N4S. The molecule has 5 heteroatoms. The first-order valence-corrected chi connectivity index (χ1v) is 12.4. The Balaban J connectivity index is 1.21. The molecule has 0 spiro atoms. The van der Waals surface area contributed by atoms with Crippen molar-refractivity contribution in [3.8, 4) is 0 Å². The molecular weight excluding hydrogens is 364 g/mol. The van der Waals surface area contributed by atoms with Gasteiger partial charge in [-0.05, 0) is 61.5 Å². The highest BCUT2D eigenvalue weighted by molar-refractivity contribution is 7.98. The van der Waals surface area contributed by atoms with Crippen LogP contribution >= 0.6 is 11.9 Å². The molecule has 0 radical (unpaired) electrons. The van der Waals surface area contributed by atoms with Crippen molar-refractivity contribution in [3.05, 3.63) is 23.8 Å². The molecule has 28 heavy (non-hydrogen) atoms. The summed E-state index contributed by atoms with van der Waals surface area (Å²) in [6.45, 7) is 10.5. The minimum Gasteiger partial charge on any atom is -0.340 e. The third kappa shape index (κ3) is 4.02. The Kier molecular flexibility index (Phi) is 5.48. The Bertz CT molecular complexity index is 654.